The summed E-state index contributed by atoms with van der Waals surface area (Å²) >= 11 is 5.82. The zero-order valence-electron chi connectivity index (χ0n) is 13.5. The average Bonchev–Trinajstić information content (AvgIpc) is 2.60. The predicted octanol–water partition coefficient (Wildman–Crippen LogP) is 4.63. The van der Waals surface area contributed by atoms with Crippen LogP contribution in [0.15, 0.2) is 63.8 Å². The zero-order valence-corrected chi connectivity index (χ0v) is 14.2. The van der Waals surface area contributed by atoms with Crippen LogP contribution in [0.1, 0.15) is 18.1 Å². The zero-order chi connectivity index (χ0) is 17.8. The number of halogens is 1. The Morgan fingerprint density at radius 2 is 1.92 bits per heavy atom. The van der Waals surface area contributed by atoms with Crippen molar-refractivity contribution in [2.75, 3.05) is 0 Å². The number of rotatable bonds is 4. The van der Waals surface area contributed by atoms with Gasteiger partial charge in [0.25, 0.3) is 0 Å². The molecule has 0 fully saturated rings. The number of hydrogen-bond acceptors (Lipinski definition) is 4. The van der Waals surface area contributed by atoms with Crippen LogP contribution in [0, 0.1) is 0 Å². The summed E-state index contributed by atoms with van der Waals surface area (Å²) in [5, 5.41) is 1.46. The lowest BCUT2D eigenvalue weighted by atomic mass is 10.1. The van der Waals surface area contributed by atoms with E-state index in [1.165, 1.54) is 12.1 Å². The molecular formula is C20H15ClO4. The highest BCUT2D eigenvalue weighted by Gasteiger charge is 2.07. The van der Waals surface area contributed by atoms with Crippen molar-refractivity contribution in [2.45, 2.75) is 13.3 Å². The van der Waals surface area contributed by atoms with E-state index in [9.17, 15) is 9.59 Å². The summed E-state index contributed by atoms with van der Waals surface area (Å²) in [7, 11) is 0. The second-order valence-corrected chi connectivity index (χ2v) is 5.84. The lowest BCUT2D eigenvalue weighted by molar-refractivity contribution is -0.128. The molecule has 2 aromatic carbocycles. The SMILES string of the molecule is CCc1cc(=O)oc2cc(OC(=O)/C=C/c3ccc(Cl)cc3)ccc12. The first kappa shape index (κ1) is 17.0. The Kier molecular flexibility index (Phi) is 5.00. The lowest BCUT2D eigenvalue weighted by Crippen LogP contribution is -2.04. The quantitative estimate of drug-likeness (QED) is 0.297. The number of aryl methyl sites for hydroxylation is 1. The topological polar surface area (TPSA) is 56.5 Å². The molecule has 0 unspecified atom stereocenters. The van der Waals surface area contributed by atoms with Crippen LogP contribution in [0.3, 0.4) is 0 Å². The Morgan fingerprint density at radius 3 is 2.64 bits per heavy atom. The smallest absolute Gasteiger partial charge is 0.336 e. The predicted molar refractivity (Wildman–Crippen MR) is 98.0 cm³/mol. The van der Waals surface area contributed by atoms with Crippen LogP contribution < -0.4 is 10.4 Å². The van der Waals surface area contributed by atoms with Gasteiger partial charge in [-0.1, -0.05) is 30.7 Å². The fourth-order valence-corrected chi connectivity index (χ4v) is 2.58. The first-order chi connectivity index (χ1) is 12.0. The Hall–Kier alpha value is -2.85. The molecule has 3 aromatic rings. The molecule has 0 N–H and O–H groups in total. The van der Waals surface area contributed by atoms with E-state index in [2.05, 4.69) is 0 Å². The van der Waals surface area contributed by atoms with E-state index in [1.807, 2.05) is 6.92 Å². The van der Waals surface area contributed by atoms with Crippen molar-refractivity contribution >= 4 is 34.6 Å². The molecule has 0 spiro atoms. The highest BCUT2D eigenvalue weighted by molar-refractivity contribution is 6.30. The molecule has 0 radical (unpaired) electrons. The molecule has 0 saturated heterocycles. The van der Waals surface area contributed by atoms with Crippen LogP contribution in [0.25, 0.3) is 17.0 Å². The summed E-state index contributed by atoms with van der Waals surface area (Å²) < 4.78 is 10.5. The molecule has 1 aromatic heterocycles. The van der Waals surface area contributed by atoms with E-state index in [0.29, 0.717) is 22.8 Å². The second-order valence-electron chi connectivity index (χ2n) is 5.41. The summed E-state index contributed by atoms with van der Waals surface area (Å²) in [4.78, 5) is 23.5. The van der Waals surface area contributed by atoms with E-state index in [0.717, 1.165) is 16.5 Å². The van der Waals surface area contributed by atoms with Gasteiger partial charge in [0, 0.05) is 28.6 Å². The summed E-state index contributed by atoms with van der Waals surface area (Å²) in [6, 6.07) is 13.5. The van der Waals surface area contributed by atoms with E-state index < -0.39 is 11.6 Å². The van der Waals surface area contributed by atoms with Gasteiger partial charge in [-0.15, -0.1) is 0 Å². The third-order valence-electron chi connectivity index (χ3n) is 3.68. The van der Waals surface area contributed by atoms with Crippen molar-refractivity contribution in [1.82, 2.24) is 0 Å². The Bertz CT molecular complexity index is 1000. The molecule has 0 saturated carbocycles. The number of ether oxygens (including phenoxy) is 1. The Labute approximate surface area is 149 Å². The monoisotopic (exact) mass is 354 g/mol. The maximum absolute atomic E-state index is 12.0. The number of benzene rings is 2. The minimum Gasteiger partial charge on any atom is -0.423 e. The van der Waals surface area contributed by atoms with Gasteiger partial charge in [-0.3, -0.25) is 0 Å². The first-order valence-corrected chi connectivity index (χ1v) is 8.15. The van der Waals surface area contributed by atoms with Gasteiger partial charge in [-0.25, -0.2) is 9.59 Å². The van der Waals surface area contributed by atoms with Gasteiger partial charge in [0.05, 0.1) is 0 Å². The molecule has 0 atom stereocenters. The molecule has 5 heteroatoms. The number of fused-ring (bicyclic) bond motifs is 1. The number of hydrogen-bond donors (Lipinski definition) is 0. The van der Waals surface area contributed by atoms with Crippen molar-refractivity contribution in [1.29, 1.82) is 0 Å². The molecule has 0 bridgehead atoms. The first-order valence-electron chi connectivity index (χ1n) is 7.77. The van der Waals surface area contributed by atoms with Crippen LogP contribution in [0.4, 0.5) is 0 Å². The Morgan fingerprint density at radius 1 is 1.16 bits per heavy atom. The van der Waals surface area contributed by atoms with Crippen LogP contribution in [-0.4, -0.2) is 5.97 Å². The van der Waals surface area contributed by atoms with Crippen LogP contribution in [0.5, 0.6) is 5.75 Å². The third-order valence-corrected chi connectivity index (χ3v) is 3.93. The number of esters is 1. The summed E-state index contributed by atoms with van der Waals surface area (Å²) in [5.74, 6) is -0.210. The van der Waals surface area contributed by atoms with Crippen molar-refractivity contribution in [3.8, 4) is 5.75 Å². The minimum atomic E-state index is -0.525. The van der Waals surface area contributed by atoms with E-state index in [4.69, 9.17) is 20.8 Å². The summed E-state index contributed by atoms with van der Waals surface area (Å²) in [5.41, 5.74) is 1.71. The van der Waals surface area contributed by atoms with Crippen LogP contribution in [0.2, 0.25) is 5.02 Å². The van der Waals surface area contributed by atoms with Crippen LogP contribution in [-0.2, 0) is 11.2 Å². The Balaban J connectivity index is 1.79. The molecule has 25 heavy (non-hydrogen) atoms. The van der Waals surface area contributed by atoms with Gasteiger partial charge in [-0.2, -0.15) is 0 Å². The number of carbonyl (C=O) groups excluding carboxylic acids is 1. The molecule has 126 valence electrons. The summed E-state index contributed by atoms with van der Waals surface area (Å²) in [6.45, 7) is 1.96. The fraction of sp³-hybridized carbons (Fsp3) is 0.100. The van der Waals surface area contributed by atoms with Gasteiger partial charge in [-0.05, 0) is 47.9 Å². The van der Waals surface area contributed by atoms with E-state index in [1.54, 1.807) is 48.5 Å². The van der Waals surface area contributed by atoms with Gasteiger partial charge in [0.1, 0.15) is 11.3 Å². The molecule has 1 heterocycles. The van der Waals surface area contributed by atoms with Crippen molar-refractivity contribution in [3.63, 3.8) is 0 Å². The molecule has 0 aliphatic heterocycles. The standard InChI is InChI=1S/C20H15ClO4/c1-2-14-11-20(23)25-18-12-16(8-9-17(14)18)24-19(22)10-5-13-3-6-15(21)7-4-13/h3-12H,2H2,1H3/b10-5+. The second kappa shape index (κ2) is 7.36. The highest BCUT2D eigenvalue weighted by Crippen LogP contribution is 2.23. The number of carbonyl (C=O) groups is 1. The lowest BCUT2D eigenvalue weighted by Gasteiger charge is -2.05. The van der Waals surface area contributed by atoms with E-state index in [-0.39, 0.29) is 0 Å². The van der Waals surface area contributed by atoms with Crippen molar-refractivity contribution < 1.29 is 13.9 Å². The largest absolute Gasteiger partial charge is 0.423 e. The summed E-state index contributed by atoms with van der Waals surface area (Å²) in [6.07, 6.45) is 3.67. The normalized spacial score (nSPS) is 11.1. The third kappa shape index (κ3) is 4.17. The van der Waals surface area contributed by atoms with Gasteiger partial charge < -0.3 is 9.15 Å². The molecular weight excluding hydrogens is 340 g/mol. The molecule has 0 amide bonds. The average molecular weight is 355 g/mol. The van der Waals surface area contributed by atoms with E-state index >= 15 is 0 Å². The van der Waals surface area contributed by atoms with Crippen molar-refractivity contribution in [2.24, 2.45) is 0 Å². The fourth-order valence-electron chi connectivity index (χ4n) is 2.45. The van der Waals surface area contributed by atoms with Gasteiger partial charge in [0.2, 0.25) is 0 Å². The maximum atomic E-state index is 12.0. The molecule has 4 nitrogen and oxygen atoms in total. The maximum Gasteiger partial charge on any atom is 0.336 e. The van der Waals surface area contributed by atoms with Gasteiger partial charge in [0.15, 0.2) is 0 Å². The molecule has 0 aliphatic carbocycles. The molecule has 3 rings (SSSR count). The van der Waals surface area contributed by atoms with Gasteiger partial charge >= 0.3 is 11.6 Å². The van der Waals surface area contributed by atoms with Crippen molar-refractivity contribution in [3.05, 3.63) is 81.2 Å². The van der Waals surface area contributed by atoms with Crippen LogP contribution >= 0.6 is 11.6 Å². The molecule has 0 aliphatic rings. The highest BCUT2D eigenvalue weighted by atomic mass is 35.5. The minimum absolute atomic E-state index is 0.314.